The number of para-hydroxylation sites is 1. The minimum Gasteiger partial charge on any atom is -0.354 e. The molecule has 0 bridgehead atoms. The Balaban J connectivity index is 2.30. The summed E-state index contributed by atoms with van der Waals surface area (Å²) in [6.07, 6.45) is 0. The average molecular weight is 294 g/mol. The maximum absolute atomic E-state index is 5.60. The van der Waals surface area contributed by atoms with E-state index in [4.69, 9.17) is 5.14 Å². The molecule has 0 saturated heterocycles. The van der Waals surface area contributed by atoms with Gasteiger partial charge in [-0.05, 0) is 54.6 Å². The zero-order chi connectivity index (χ0) is 15.0. The summed E-state index contributed by atoms with van der Waals surface area (Å²) in [6, 6.07) is 14.7. The van der Waals surface area contributed by atoms with Gasteiger partial charge in [0, 0.05) is 27.1 Å². The zero-order valence-corrected chi connectivity index (χ0v) is 13.1. The maximum atomic E-state index is 5.60. The first-order chi connectivity index (χ1) is 10.1. The normalized spacial score (nSPS) is 11.0. The Labute approximate surface area is 129 Å². The second-order valence-corrected chi connectivity index (χ2v) is 6.00. The van der Waals surface area contributed by atoms with Crippen LogP contribution in [0.1, 0.15) is 18.2 Å². The number of H-pyrrole nitrogens is 1. The smallest absolute Gasteiger partial charge is 0.0494 e. The van der Waals surface area contributed by atoms with E-state index in [0.29, 0.717) is 0 Å². The summed E-state index contributed by atoms with van der Waals surface area (Å²) in [5, 5.41) is 6.84. The molecular formula is C18H18N2S. The molecule has 0 radical (unpaired) electrons. The Morgan fingerprint density at radius 2 is 1.86 bits per heavy atom. The molecule has 1 heterocycles. The van der Waals surface area contributed by atoms with Gasteiger partial charge in [0.1, 0.15) is 0 Å². The number of nitrogens with two attached hydrogens (primary N) is 1. The number of aromatic nitrogens is 1. The molecule has 0 unspecified atom stereocenters. The Morgan fingerprint density at radius 3 is 2.48 bits per heavy atom. The lowest BCUT2D eigenvalue weighted by Crippen LogP contribution is -1.85. The van der Waals surface area contributed by atoms with E-state index in [2.05, 4.69) is 61.0 Å². The average Bonchev–Trinajstić information content (AvgIpc) is 2.88. The second kappa shape index (κ2) is 5.43. The molecule has 0 saturated carbocycles. The Hall–Kier alpha value is -1.97. The molecule has 21 heavy (non-hydrogen) atoms. The number of aryl methyl sites for hydroxylation is 1. The highest BCUT2D eigenvalue weighted by molar-refractivity contribution is 7.97. The van der Waals surface area contributed by atoms with Crippen LogP contribution in [0.25, 0.3) is 27.6 Å². The molecule has 0 spiro atoms. The minimum atomic E-state index is 1.04. The lowest BCUT2D eigenvalue weighted by atomic mass is 9.99. The molecule has 0 fully saturated rings. The van der Waals surface area contributed by atoms with Gasteiger partial charge in [0.15, 0.2) is 0 Å². The van der Waals surface area contributed by atoms with Crippen LogP contribution in [0.2, 0.25) is 0 Å². The van der Waals surface area contributed by atoms with Crippen LogP contribution in [0.3, 0.4) is 0 Å². The number of aromatic amines is 1. The van der Waals surface area contributed by atoms with Gasteiger partial charge in [-0.2, -0.15) is 0 Å². The van der Waals surface area contributed by atoms with E-state index in [1.54, 1.807) is 0 Å². The topological polar surface area (TPSA) is 41.8 Å². The molecule has 106 valence electrons. The molecule has 3 rings (SSSR count). The zero-order valence-electron chi connectivity index (χ0n) is 12.2. The molecule has 0 atom stereocenters. The third kappa shape index (κ3) is 2.39. The molecule has 0 aliphatic heterocycles. The quantitative estimate of drug-likeness (QED) is 0.656. The standard InChI is InChI=1S/C18H18N2S/c1-11(2)17-16(13-7-9-14(21-19)10-8-13)15-6-4-5-12(3)18(15)20-17/h4-10,20H,1,19H2,2-3H3. The largest absolute Gasteiger partial charge is 0.354 e. The van der Waals surface area contributed by atoms with Crippen molar-refractivity contribution in [2.75, 3.05) is 0 Å². The van der Waals surface area contributed by atoms with Crippen molar-refractivity contribution in [2.45, 2.75) is 18.7 Å². The fourth-order valence-corrected chi connectivity index (χ4v) is 2.98. The third-order valence-electron chi connectivity index (χ3n) is 3.75. The molecule has 3 heteroatoms. The first kappa shape index (κ1) is 14.0. The number of hydrogen-bond acceptors (Lipinski definition) is 2. The van der Waals surface area contributed by atoms with Crippen molar-refractivity contribution < 1.29 is 0 Å². The van der Waals surface area contributed by atoms with Gasteiger partial charge in [-0.25, -0.2) is 0 Å². The van der Waals surface area contributed by atoms with Crippen molar-refractivity contribution in [3.05, 3.63) is 60.3 Å². The second-order valence-electron chi connectivity index (χ2n) is 5.30. The molecule has 0 aliphatic rings. The number of benzene rings is 2. The van der Waals surface area contributed by atoms with Crippen LogP contribution in [0.15, 0.2) is 53.9 Å². The van der Waals surface area contributed by atoms with Gasteiger partial charge in [0.05, 0.1) is 0 Å². The molecular weight excluding hydrogens is 276 g/mol. The Bertz CT molecular complexity index is 813. The Kier molecular flexibility index (Phi) is 3.62. The fourth-order valence-electron chi connectivity index (χ4n) is 2.68. The van der Waals surface area contributed by atoms with E-state index in [0.717, 1.165) is 16.2 Å². The molecule has 2 nitrogen and oxygen atoms in total. The van der Waals surface area contributed by atoms with Crippen molar-refractivity contribution in [3.63, 3.8) is 0 Å². The number of hydrogen-bond donors (Lipinski definition) is 2. The van der Waals surface area contributed by atoms with E-state index in [9.17, 15) is 0 Å². The summed E-state index contributed by atoms with van der Waals surface area (Å²) in [6.45, 7) is 8.27. The van der Waals surface area contributed by atoms with Crippen molar-refractivity contribution in [2.24, 2.45) is 5.14 Å². The highest BCUT2D eigenvalue weighted by atomic mass is 32.2. The van der Waals surface area contributed by atoms with E-state index in [1.165, 1.54) is 39.5 Å². The summed E-state index contributed by atoms with van der Waals surface area (Å²) < 4.78 is 0. The van der Waals surface area contributed by atoms with Crippen molar-refractivity contribution in [1.29, 1.82) is 0 Å². The molecule has 1 aromatic heterocycles. The number of fused-ring (bicyclic) bond motifs is 1. The number of nitrogens with one attached hydrogen (secondary N) is 1. The summed E-state index contributed by atoms with van der Waals surface area (Å²) in [5.41, 5.74) is 6.97. The monoisotopic (exact) mass is 294 g/mol. The highest BCUT2D eigenvalue weighted by Gasteiger charge is 2.14. The van der Waals surface area contributed by atoms with Gasteiger partial charge in [-0.3, -0.25) is 5.14 Å². The van der Waals surface area contributed by atoms with E-state index < -0.39 is 0 Å². The van der Waals surface area contributed by atoms with Crippen LogP contribution in [0.5, 0.6) is 0 Å². The van der Waals surface area contributed by atoms with E-state index in [-0.39, 0.29) is 0 Å². The van der Waals surface area contributed by atoms with Crippen LogP contribution >= 0.6 is 11.9 Å². The van der Waals surface area contributed by atoms with Crippen molar-refractivity contribution >= 4 is 28.4 Å². The van der Waals surface area contributed by atoms with Gasteiger partial charge >= 0.3 is 0 Å². The molecule has 3 aromatic rings. The van der Waals surface area contributed by atoms with Gasteiger partial charge < -0.3 is 4.98 Å². The molecule has 3 N–H and O–H groups in total. The summed E-state index contributed by atoms with van der Waals surface area (Å²) in [7, 11) is 0. The first-order valence-electron chi connectivity index (χ1n) is 6.86. The summed E-state index contributed by atoms with van der Waals surface area (Å²) in [5.74, 6) is 0. The summed E-state index contributed by atoms with van der Waals surface area (Å²) >= 11 is 1.27. The first-order valence-corrected chi connectivity index (χ1v) is 7.74. The maximum Gasteiger partial charge on any atom is 0.0494 e. The van der Waals surface area contributed by atoms with Crippen molar-refractivity contribution in [3.8, 4) is 11.1 Å². The SMILES string of the molecule is C=C(C)c1[nH]c2c(C)cccc2c1-c1ccc(SN)cc1. The van der Waals surface area contributed by atoms with Crippen molar-refractivity contribution in [1.82, 2.24) is 4.98 Å². The molecule has 0 amide bonds. The highest BCUT2D eigenvalue weighted by Crippen LogP contribution is 2.36. The van der Waals surface area contributed by atoms with Crippen LogP contribution in [0, 0.1) is 6.92 Å². The molecule has 0 aliphatic carbocycles. The van der Waals surface area contributed by atoms with Gasteiger partial charge in [0.2, 0.25) is 0 Å². The van der Waals surface area contributed by atoms with Crippen LogP contribution in [-0.2, 0) is 0 Å². The predicted octanol–water partition coefficient (Wildman–Crippen LogP) is 5.14. The van der Waals surface area contributed by atoms with Crippen LogP contribution < -0.4 is 5.14 Å². The molecule has 2 aromatic carbocycles. The van der Waals surface area contributed by atoms with E-state index in [1.807, 2.05) is 6.92 Å². The van der Waals surface area contributed by atoms with Crippen LogP contribution in [0.4, 0.5) is 0 Å². The predicted molar refractivity (Wildman–Crippen MR) is 93.2 cm³/mol. The lowest BCUT2D eigenvalue weighted by molar-refractivity contribution is 1.36. The Morgan fingerprint density at radius 1 is 1.14 bits per heavy atom. The lowest BCUT2D eigenvalue weighted by Gasteiger charge is -2.06. The van der Waals surface area contributed by atoms with Gasteiger partial charge in [-0.15, -0.1) is 0 Å². The number of allylic oxidation sites excluding steroid dienone is 1. The van der Waals surface area contributed by atoms with E-state index >= 15 is 0 Å². The fraction of sp³-hybridized carbons (Fsp3) is 0.111. The number of rotatable bonds is 3. The third-order valence-corrected chi connectivity index (χ3v) is 4.29. The van der Waals surface area contributed by atoms with Gasteiger partial charge in [-0.1, -0.05) is 36.9 Å². The summed E-state index contributed by atoms with van der Waals surface area (Å²) in [4.78, 5) is 4.59. The van der Waals surface area contributed by atoms with Crippen LogP contribution in [-0.4, -0.2) is 4.98 Å². The van der Waals surface area contributed by atoms with Gasteiger partial charge in [0.25, 0.3) is 0 Å². The minimum absolute atomic E-state index is 1.04.